The Kier molecular flexibility index (Phi) is 5.53. The van der Waals surface area contributed by atoms with Gasteiger partial charge in [0, 0.05) is 6.54 Å². The molecule has 0 spiro atoms. The minimum Gasteiger partial charge on any atom is -0.480 e. The highest BCUT2D eigenvalue weighted by Crippen LogP contribution is 2.06. The molecule has 0 aromatic heterocycles. The molecule has 1 N–H and O–H groups in total. The Morgan fingerprint density at radius 3 is 2.33 bits per heavy atom. The number of rotatable bonds is 7. The van der Waals surface area contributed by atoms with E-state index in [1.165, 1.54) is 0 Å². The third-order valence-corrected chi connectivity index (χ3v) is 3.56. The molecule has 15 heavy (non-hydrogen) atoms. The number of aliphatic carboxylic acids is 1. The van der Waals surface area contributed by atoms with Gasteiger partial charge in [-0.1, -0.05) is 19.1 Å². The van der Waals surface area contributed by atoms with Crippen LogP contribution in [0.5, 0.6) is 0 Å². The van der Waals surface area contributed by atoms with E-state index >= 15 is 0 Å². The zero-order valence-electron chi connectivity index (χ0n) is 9.06. The van der Waals surface area contributed by atoms with Crippen molar-refractivity contribution in [1.29, 1.82) is 0 Å². The Morgan fingerprint density at radius 2 is 2.00 bits per heavy atom. The van der Waals surface area contributed by atoms with Crippen LogP contribution >= 0.6 is 0 Å². The van der Waals surface area contributed by atoms with Gasteiger partial charge >= 0.3 is 5.97 Å². The van der Waals surface area contributed by atoms with E-state index in [2.05, 4.69) is 6.58 Å². The van der Waals surface area contributed by atoms with Gasteiger partial charge in [-0.3, -0.25) is 4.79 Å². The number of carboxylic acid groups (broad SMARTS) is 1. The highest BCUT2D eigenvalue weighted by Gasteiger charge is 2.23. The second-order valence-electron chi connectivity index (χ2n) is 3.44. The molecule has 0 aromatic carbocycles. The first-order valence-corrected chi connectivity index (χ1v) is 6.24. The largest absolute Gasteiger partial charge is 0.480 e. The lowest BCUT2D eigenvalue weighted by Crippen LogP contribution is -2.37. The molecule has 5 nitrogen and oxygen atoms in total. The summed E-state index contributed by atoms with van der Waals surface area (Å²) in [5.74, 6) is -1.34. The van der Waals surface area contributed by atoms with Crippen LogP contribution in [0.25, 0.3) is 0 Å². The summed E-state index contributed by atoms with van der Waals surface area (Å²) < 4.78 is 24.3. The summed E-state index contributed by atoms with van der Waals surface area (Å²) >= 11 is 0. The Morgan fingerprint density at radius 1 is 1.47 bits per heavy atom. The zero-order valence-corrected chi connectivity index (χ0v) is 9.88. The summed E-state index contributed by atoms with van der Waals surface area (Å²) in [5, 5.41) is 8.58. The SMILES string of the molecule is C=C(C)CS(=O)(=O)N(CCC)CC(=O)O. The van der Waals surface area contributed by atoms with Crippen LogP contribution in [-0.4, -0.2) is 42.6 Å². The fraction of sp³-hybridized carbons (Fsp3) is 0.667. The van der Waals surface area contributed by atoms with Gasteiger partial charge in [-0.2, -0.15) is 4.31 Å². The van der Waals surface area contributed by atoms with Crippen LogP contribution in [0.15, 0.2) is 12.2 Å². The van der Waals surface area contributed by atoms with Crippen molar-refractivity contribution in [2.75, 3.05) is 18.8 Å². The number of hydrogen-bond acceptors (Lipinski definition) is 3. The van der Waals surface area contributed by atoms with Crippen molar-refractivity contribution in [2.45, 2.75) is 20.3 Å². The van der Waals surface area contributed by atoms with E-state index in [0.29, 0.717) is 12.0 Å². The van der Waals surface area contributed by atoms with Gasteiger partial charge in [0.15, 0.2) is 0 Å². The molecule has 0 radical (unpaired) electrons. The number of hydrogen-bond donors (Lipinski definition) is 1. The van der Waals surface area contributed by atoms with Crippen LogP contribution in [0.3, 0.4) is 0 Å². The van der Waals surface area contributed by atoms with Crippen molar-refractivity contribution in [2.24, 2.45) is 0 Å². The summed E-state index contributed by atoms with van der Waals surface area (Å²) in [7, 11) is -3.53. The highest BCUT2D eigenvalue weighted by molar-refractivity contribution is 7.89. The summed E-state index contributed by atoms with van der Waals surface area (Å²) in [5.41, 5.74) is 0.501. The average molecular weight is 235 g/mol. The quantitative estimate of drug-likeness (QED) is 0.659. The van der Waals surface area contributed by atoms with E-state index in [0.717, 1.165) is 4.31 Å². The predicted octanol–water partition coefficient (Wildman–Crippen LogP) is 0.689. The molecule has 6 heteroatoms. The molecule has 0 aromatic rings. The number of carboxylic acids is 1. The third-order valence-electron chi connectivity index (χ3n) is 1.61. The molecule has 0 bridgehead atoms. The smallest absolute Gasteiger partial charge is 0.318 e. The molecule has 0 heterocycles. The Hall–Kier alpha value is -0.880. The van der Waals surface area contributed by atoms with Crippen molar-refractivity contribution in [3.05, 3.63) is 12.2 Å². The molecular weight excluding hydrogens is 218 g/mol. The monoisotopic (exact) mass is 235 g/mol. The molecule has 88 valence electrons. The van der Waals surface area contributed by atoms with Crippen LogP contribution in [0.2, 0.25) is 0 Å². The van der Waals surface area contributed by atoms with Crippen LogP contribution in [-0.2, 0) is 14.8 Å². The summed E-state index contributed by atoms with van der Waals surface area (Å²) in [6.45, 7) is 6.65. The summed E-state index contributed by atoms with van der Waals surface area (Å²) in [6.07, 6.45) is 0.586. The number of sulfonamides is 1. The fourth-order valence-corrected chi connectivity index (χ4v) is 2.69. The maximum absolute atomic E-state index is 11.7. The second kappa shape index (κ2) is 5.87. The Balaban J connectivity index is 4.73. The molecule has 0 atom stereocenters. The normalized spacial score (nSPS) is 11.7. The predicted molar refractivity (Wildman–Crippen MR) is 58.1 cm³/mol. The average Bonchev–Trinajstić information content (AvgIpc) is 2.00. The van der Waals surface area contributed by atoms with E-state index in [9.17, 15) is 13.2 Å². The lowest BCUT2D eigenvalue weighted by atomic mass is 10.4. The lowest BCUT2D eigenvalue weighted by molar-refractivity contribution is -0.137. The molecule has 0 amide bonds. The zero-order chi connectivity index (χ0) is 12.1. The second-order valence-corrected chi connectivity index (χ2v) is 5.41. The number of carbonyl (C=O) groups is 1. The van der Waals surface area contributed by atoms with E-state index < -0.39 is 22.5 Å². The lowest BCUT2D eigenvalue weighted by Gasteiger charge is -2.19. The van der Waals surface area contributed by atoms with Gasteiger partial charge in [0.1, 0.15) is 6.54 Å². The van der Waals surface area contributed by atoms with E-state index in [-0.39, 0.29) is 12.3 Å². The molecule has 0 saturated carbocycles. The first kappa shape index (κ1) is 14.1. The van der Waals surface area contributed by atoms with Crippen molar-refractivity contribution in [1.82, 2.24) is 4.31 Å². The maximum Gasteiger partial charge on any atom is 0.318 e. The van der Waals surface area contributed by atoms with E-state index in [1.807, 2.05) is 0 Å². The van der Waals surface area contributed by atoms with Crippen molar-refractivity contribution < 1.29 is 18.3 Å². The minimum atomic E-state index is -3.53. The highest BCUT2D eigenvalue weighted by atomic mass is 32.2. The molecule has 0 fully saturated rings. The van der Waals surface area contributed by atoms with Crippen molar-refractivity contribution in [3.8, 4) is 0 Å². The van der Waals surface area contributed by atoms with Gasteiger partial charge in [0.05, 0.1) is 5.75 Å². The Labute approximate surface area is 90.4 Å². The molecule has 0 unspecified atom stereocenters. The van der Waals surface area contributed by atoms with Gasteiger partial charge in [-0.05, 0) is 13.3 Å². The van der Waals surface area contributed by atoms with Gasteiger partial charge in [0.25, 0.3) is 0 Å². The first-order valence-electron chi connectivity index (χ1n) is 4.63. The van der Waals surface area contributed by atoms with Gasteiger partial charge in [-0.15, -0.1) is 0 Å². The van der Waals surface area contributed by atoms with Crippen LogP contribution < -0.4 is 0 Å². The molecular formula is C9H17NO4S. The van der Waals surface area contributed by atoms with E-state index in [1.54, 1.807) is 13.8 Å². The molecule has 0 aliphatic heterocycles. The molecule has 0 aliphatic rings. The minimum absolute atomic E-state index is 0.194. The van der Waals surface area contributed by atoms with E-state index in [4.69, 9.17) is 5.11 Å². The number of nitrogens with zero attached hydrogens (tertiary/aromatic N) is 1. The van der Waals surface area contributed by atoms with Crippen molar-refractivity contribution >= 4 is 16.0 Å². The molecule has 0 saturated heterocycles. The standard InChI is InChI=1S/C9H17NO4S/c1-4-5-10(6-9(11)12)15(13,14)7-8(2)3/h2,4-7H2,1,3H3,(H,11,12). The van der Waals surface area contributed by atoms with Crippen LogP contribution in [0.4, 0.5) is 0 Å². The topological polar surface area (TPSA) is 74.7 Å². The molecule has 0 aliphatic carbocycles. The van der Waals surface area contributed by atoms with Gasteiger partial charge in [0.2, 0.25) is 10.0 Å². The summed E-state index contributed by atoms with van der Waals surface area (Å²) in [6, 6.07) is 0. The summed E-state index contributed by atoms with van der Waals surface area (Å²) in [4.78, 5) is 10.5. The van der Waals surface area contributed by atoms with Gasteiger partial charge in [-0.25, -0.2) is 8.42 Å². The van der Waals surface area contributed by atoms with Crippen LogP contribution in [0, 0.1) is 0 Å². The Bertz CT molecular complexity index is 334. The van der Waals surface area contributed by atoms with Crippen molar-refractivity contribution in [3.63, 3.8) is 0 Å². The first-order chi connectivity index (χ1) is 6.79. The van der Waals surface area contributed by atoms with Gasteiger partial charge < -0.3 is 5.11 Å². The molecule has 0 rings (SSSR count). The maximum atomic E-state index is 11.7. The van der Waals surface area contributed by atoms with Crippen LogP contribution in [0.1, 0.15) is 20.3 Å². The fourth-order valence-electron chi connectivity index (χ4n) is 1.12. The third kappa shape index (κ3) is 5.54.